The van der Waals surface area contributed by atoms with Crippen molar-refractivity contribution in [3.63, 3.8) is 0 Å². The van der Waals surface area contributed by atoms with Crippen molar-refractivity contribution in [2.75, 3.05) is 46.4 Å². The first-order valence-electron chi connectivity index (χ1n) is 7.83. The van der Waals surface area contributed by atoms with Gasteiger partial charge in [0, 0.05) is 26.7 Å². The molecular weight excluding hydrogens is 286 g/mol. The van der Waals surface area contributed by atoms with Gasteiger partial charge in [-0.3, -0.25) is 15.0 Å². The molecule has 0 saturated carbocycles. The van der Waals surface area contributed by atoms with Gasteiger partial charge in [-0.05, 0) is 6.42 Å². The molecule has 0 aromatic rings. The summed E-state index contributed by atoms with van der Waals surface area (Å²) in [7, 11) is 1.69. The van der Waals surface area contributed by atoms with Crippen LogP contribution in [0.3, 0.4) is 0 Å². The third-order valence-electron chi connectivity index (χ3n) is 4.38. The molecule has 122 valence electrons. The molecule has 2 unspecified atom stereocenters. The van der Waals surface area contributed by atoms with E-state index in [0.717, 1.165) is 45.1 Å². The lowest BCUT2D eigenvalue weighted by Gasteiger charge is -2.37. The van der Waals surface area contributed by atoms with E-state index >= 15 is 0 Å². The van der Waals surface area contributed by atoms with Crippen LogP contribution in [0.15, 0.2) is 4.99 Å². The maximum atomic E-state index is 12.2. The van der Waals surface area contributed by atoms with Crippen molar-refractivity contribution in [2.45, 2.75) is 25.6 Å². The van der Waals surface area contributed by atoms with E-state index < -0.39 is 12.2 Å². The van der Waals surface area contributed by atoms with Crippen molar-refractivity contribution in [1.82, 2.24) is 20.0 Å². The van der Waals surface area contributed by atoms with Crippen LogP contribution in [0.4, 0.5) is 4.79 Å². The normalized spacial score (nSPS) is 29.5. The topological polar surface area (TPSA) is 77.5 Å². The summed E-state index contributed by atoms with van der Waals surface area (Å²) in [5.41, 5.74) is 0. The highest BCUT2D eigenvalue weighted by atomic mass is 16.5. The number of fused-ring (bicyclic) bond motifs is 1. The van der Waals surface area contributed by atoms with Crippen molar-refractivity contribution in [3.8, 4) is 0 Å². The van der Waals surface area contributed by atoms with Gasteiger partial charge >= 0.3 is 6.03 Å². The monoisotopic (exact) mass is 309 g/mol. The lowest BCUT2D eigenvalue weighted by atomic mass is 10.1. The van der Waals surface area contributed by atoms with Gasteiger partial charge in [-0.2, -0.15) is 0 Å². The maximum Gasteiger partial charge on any atom is 0.325 e. The van der Waals surface area contributed by atoms with Crippen LogP contribution in [0.1, 0.15) is 13.3 Å². The Bertz CT molecular complexity index is 489. The number of nitrogens with one attached hydrogen (secondary N) is 1. The van der Waals surface area contributed by atoms with E-state index in [1.807, 2.05) is 0 Å². The summed E-state index contributed by atoms with van der Waals surface area (Å²) < 4.78 is 5.37. The van der Waals surface area contributed by atoms with Gasteiger partial charge < -0.3 is 14.5 Å². The second-order valence-corrected chi connectivity index (χ2v) is 5.89. The van der Waals surface area contributed by atoms with Gasteiger partial charge in [0.2, 0.25) is 0 Å². The Morgan fingerprint density at radius 1 is 1.32 bits per heavy atom. The zero-order valence-corrected chi connectivity index (χ0v) is 13.1. The van der Waals surface area contributed by atoms with Gasteiger partial charge in [-0.15, -0.1) is 0 Å². The first kappa shape index (κ1) is 15.2. The van der Waals surface area contributed by atoms with E-state index in [4.69, 9.17) is 9.73 Å². The number of urea groups is 1. The van der Waals surface area contributed by atoms with E-state index in [1.165, 1.54) is 4.90 Å². The molecule has 8 heteroatoms. The lowest BCUT2D eigenvalue weighted by Crippen LogP contribution is -2.64. The summed E-state index contributed by atoms with van der Waals surface area (Å²) in [6, 6.07) is -0.780. The molecule has 3 amide bonds. The molecule has 8 nitrogen and oxygen atoms in total. The van der Waals surface area contributed by atoms with Crippen molar-refractivity contribution in [3.05, 3.63) is 0 Å². The van der Waals surface area contributed by atoms with E-state index in [9.17, 15) is 9.59 Å². The molecule has 2 fully saturated rings. The second kappa shape index (κ2) is 6.21. The molecule has 3 aliphatic rings. The molecule has 0 aromatic heterocycles. The Hall–Kier alpha value is -1.67. The summed E-state index contributed by atoms with van der Waals surface area (Å²) in [5.74, 6) is 0.651. The zero-order chi connectivity index (χ0) is 15.7. The lowest BCUT2D eigenvalue weighted by molar-refractivity contribution is -0.127. The molecule has 2 atom stereocenters. The number of hydrogen-bond acceptors (Lipinski definition) is 6. The third-order valence-corrected chi connectivity index (χ3v) is 4.38. The number of ether oxygens (including phenoxy) is 1. The Morgan fingerprint density at radius 3 is 2.73 bits per heavy atom. The van der Waals surface area contributed by atoms with Gasteiger partial charge in [0.1, 0.15) is 5.84 Å². The van der Waals surface area contributed by atoms with E-state index in [0.29, 0.717) is 6.54 Å². The Balaban J connectivity index is 1.80. The van der Waals surface area contributed by atoms with Crippen LogP contribution in [0.5, 0.6) is 0 Å². The zero-order valence-electron chi connectivity index (χ0n) is 13.1. The number of likely N-dealkylation sites (N-methyl/N-ethyl adjacent to an activating group) is 1. The van der Waals surface area contributed by atoms with Gasteiger partial charge in [-0.1, -0.05) is 6.92 Å². The van der Waals surface area contributed by atoms with Gasteiger partial charge in [0.05, 0.1) is 19.8 Å². The van der Waals surface area contributed by atoms with Crippen LogP contribution >= 0.6 is 0 Å². The summed E-state index contributed by atoms with van der Waals surface area (Å²) >= 11 is 0. The van der Waals surface area contributed by atoms with Crippen LogP contribution in [0.25, 0.3) is 0 Å². The number of rotatable bonds is 4. The van der Waals surface area contributed by atoms with Crippen LogP contribution < -0.4 is 5.32 Å². The van der Waals surface area contributed by atoms with E-state index in [1.54, 1.807) is 7.05 Å². The number of amides is 3. The highest BCUT2D eigenvalue weighted by molar-refractivity contribution is 6.04. The number of amidine groups is 1. The Kier molecular flexibility index (Phi) is 4.30. The summed E-state index contributed by atoms with van der Waals surface area (Å²) in [6.45, 7) is 6.74. The minimum Gasteiger partial charge on any atom is -0.379 e. The molecule has 0 spiro atoms. The van der Waals surface area contributed by atoms with Crippen LogP contribution in [-0.4, -0.2) is 91.1 Å². The number of carbonyl (C=O) groups is 2. The molecule has 3 rings (SSSR count). The Labute approximate surface area is 130 Å². The molecular formula is C14H23N5O3. The van der Waals surface area contributed by atoms with Gasteiger partial charge in [-0.25, -0.2) is 9.79 Å². The van der Waals surface area contributed by atoms with E-state index in [2.05, 4.69) is 22.0 Å². The maximum absolute atomic E-state index is 12.2. The molecule has 22 heavy (non-hydrogen) atoms. The third kappa shape index (κ3) is 2.68. The highest BCUT2D eigenvalue weighted by Gasteiger charge is 2.48. The SMILES string of the molecule is CCCN1C(CN2CCOCC2)=NC2C1C(=O)NC(=O)N2C. The predicted molar refractivity (Wildman–Crippen MR) is 80.6 cm³/mol. The highest BCUT2D eigenvalue weighted by Crippen LogP contribution is 2.24. The molecule has 3 heterocycles. The molecule has 2 saturated heterocycles. The quantitative estimate of drug-likeness (QED) is 0.744. The first-order chi connectivity index (χ1) is 10.6. The average Bonchev–Trinajstić information content (AvgIpc) is 2.86. The fourth-order valence-electron chi connectivity index (χ4n) is 3.18. The van der Waals surface area contributed by atoms with Crippen molar-refractivity contribution in [2.24, 2.45) is 4.99 Å². The standard InChI is InChI=1S/C14H23N5O3/c1-3-4-19-10(9-18-5-7-22-8-6-18)15-12-11(19)13(20)16-14(21)17(12)2/h11-12H,3-9H2,1-2H3,(H,16,20,21). The summed E-state index contributed by atoms with van der Waals surface area (Å²) in [5, 5.41) is 2.41. The largest absolute Gasteiger partial charge is 0.379 e. The van der Waals surface area contributed by atoms with Crippen LogP contribution in [0.2, 0.25) is 0 Å². The number of morpholine rings is 1. The minimum absolute atomic E-state index is 0.248. The van der Waals surface area contributed by atoms with E-state index in [-0.39, 0.29) is 11.9 Å². The van der Waals surface area contributed by atoms with Crippen molar-refractivity contribution < 1.29 is 14.3 Å². The second-order valence-electron chi connectivity index (χ2n) is 5.89. The number of aliphatic imine (C=N–C) groups is 1. The average molecular weight is 309 g/mol. The number of hydrogen-bond donors (Lipinski definition) is 1. The van der Waals surface area contributed by atoms with Gasteiger partial charge in [0.25, 0.3) is 5.91 Å². The number of imide groups is 1. The minimum atomic E-state index is -0.413. The molecule has 0 aliphatic carbocycles. The predicted octanol–water partition coefficient (Wildman–Crippen LogP) is -0.681. The molecule has 1 N–H and O–H groups in total. The number of nitrogens with zero attached hydrogens (tertiary/aromatic N) is 4. The van der Waals surface area contributed by atoms with Gasteiger partial charge in [0.15, 0.2) is 12.2 Å². The van der Waals surface area contributed by atoms with Crippen molar-refractivity contribution in [1.29, 1.82) is 0 Å². The molecule has 0 bridgehead atoms. The van der Waals surface area contributed by atoms with Crippen LogP contribution in [0, 0.1) is 0 Å². The Morgan fingerprint density at radius 2 is 2.05 bits per heavy atom. The summed E-state index contributed by atoms with van der Waals surface area (Å²) in [6.07, 6.45) is 0.514. The fourth-order valence-corrected chi connectivity index (χ4v) is 3.18. The van der Waals surface area contributed by atoms with Crippen molar-refractivity contribution >= 4 is 17.8 Å². The molecule has 3 aliphatic heterocycles. The molecule has 0 radical (unpaired) electrons. The smallest absolute Gasteiger partial charge is 0.325 e. The molecule has 0 aromatic carbocycles. The van der Waals surface area contributed by atoms with Crippen LogP contribution in [-0.2, 0) is 9.53 Å². The fraction of sp³-hybridized carbons (Fsp3) is 0.786. The first-order valence-corrected chi connectivity index (χ1v) is 7.83. The summed E-state index contributed by atoms with van der Waals surface area (Å²) in [4.78, 5) is 34.6. The number of carbonyl (C=O) groups excluding carboxylic acids is 2.